The second kappa shape index (κ2) is 7.71. The van der Waals surface area contributed by atoms with E-state index >= 15 is 0 Å². The van der Waals surface area contributed by atoms with Crippen LogP contribution in [0.5, 0.6) is 0 Å². The maximum Gasteiger partial charge on any atom is 0.312 e. The van der Waals surface area contributed by atoms with Gasteiger partial charge < -0.3 is 24.0 Å². The van der Waals surface area contributed by atoms with Gasteiger partial charge in [-0.05, 0) is 23.9 Å². The van der Waals surface area contributed by atoms with Gasteiger partial charge in [-0.1, -0.05) is 29.3 Å². The third-order valence-corrected chi connectivity index (χ3v) is 4.29. The molecule has 0 saturated carbocycles. The molecule has 0 bridgehead atoms. The summed E-state index contributed by atoms with van der Waals surface area (Å²) in [5.74, 6) is 0. The molecule has 0 aliphatic rings. The standard InChI is InChI=1S/C11H15Cl2N2S.HI/c1-14(2)11(15(3)4)16-9-7-5-6-8(12)10(9)13;/h5-7H,1-4H3;1H/q+1;/p-1. The molecule has 0 spiro atoms. The smallest absolute Gasteiger partial charge is 0.312 e. The molecule has 0 aliphatic carbocycles. The highest BCUT2D eigenvalue weighted by atomic mass is 127. The molecular formula is C11H15Cl2IN2S. The Hall–Kier alpha value is 0.350. The number of halogens is 3. The van der Waals surface area contributed by atoms with Crippen LogP contribution in [0.25, 0.3) is 0 Å². The summed E-state index contributed by atoms with van der Waals surface area (Å²) in [5.41, 5.74) is 0. The lowest BCUT2D eigenvalue weighted by atomic mass is 10.4. The second-order valence-corrected chi connectivity index (χ2v) is 5.52. The van der Waals surface area contributed by atoms with E-state index in [1.54, 1.807) is 17.8 Å². The minimum absolute atomic E-state index is 0. The van der Waals surface area contributed by atoms with Gasteiger partial charge in [-0.15, -0.1) is 0 Å². The van der Waals surface area contributed by atoms with Gasteiger partial charge in [0.25, 0.3) is 0 Å². The number of hydrogen-bond donors (Lipinski definition) is 0. The van der Waals surface area contributed by atoms with Crippen LogP contribution in [0, 0.1) is 0 Å². The number of benzene rings is 1. The van der Waals surface area contributed by atoms with Crippen molar-refractivity contribution in [2.75, 3.05) is 28.2 Å². The zero-order chi connectivity index (χ0) is 12.3. The Morgan fingerprint density at radius 1 is 1.24 bits per heavy atom. The lowest BCUT2D eigenvalue weighted by Gasteiger charge is -2.11. The molecule has 0 unspecified atom stereocenters. The molecule has 0 aliphatic heterocycles. The predicted molar refractivity (Wildman–Crippen MR) is 73.1 cm³/mol. The molecule has 0 aromatic heterocycles. The van der Waals surface area contributed by atoms with Crippen molar-refractivity contribution >= 4 is 40.1 Å². The largest absolute Gasteiger partial charge is 1.00 e. The fourth-order valence-corrected chi connectivity index (χ4v) is 2.62. The van der Waals surface area contributed by atoms with E-state index in [1.807, 2.05) is 49.8 Å². The maximum absolute atomic E-state index is 6.14. The predicted octanol–water partition coefficient (Wildman–Crippen LogP) is 0.279. The van der Waals surface area contributed by atoms with Crippen LogP contribution < -0.4 is 24.0 Å². The van der Waals surface area contributed by atoms with E-state index in [9.17, 15) is 0 Å². The Morgan fingerprint density at radius 3 is 2.29 bits per heavy atom. The molecule has 0 N–H and O–H groups in total. The minimum atomic E-state index is 0. The Morgan fingerprint density at radius 2 is 1.82 bits per heavy atom. The first-order chi connectivity index (χ1) is 7.43. The summed E-state index contributed by atoms with van der Waals surface area (Å²) in [6.07, 6.45) is 0. The molecule has 0 heterocycles. The summed E-state index contributed by atoms with van der Waals surface area (Å²) in [6, 6.07) is 5.66. The summed E-state index contributed by atoms with van der Waals surface area (Å²) in [7, 11) is 8.00. The molecule has 2 nitrogen and oxygen atoms in total. The summed E-state index contributed by atoms with van der Waals surface area (Å²) in [5, 5.41) is 2.29. The van der Waals surface area contributed by atoms with Gasteiger partial charge >= 0.3 is 5.17 Å². The molecule has 1 aromatic carbocycles. The Balaban J connectivity index is 0.00000256. The molecule has 17 heavy (non-hydrogen) atoms. The van der Waals surface area contributed by atoms with Crippen molar-refractivity contribution < 1.29 is 28.6 Å². The minimum Gasteiger partial charge on any atom is -1.00 e. The van der Waals surface area contributed by atoms with Crippen molar-refractivity contribution in [1.82, 2.24) is 4.90 Å². The highest BCUT2D eigenvalue weighted by Gasteiger charge is 2.16. The lowest BCUT2D eigenvalue weighted by Crippen LogP contribution is -3.00. The Labute approximate surface area is 134 Å². The maximum atomic E-state index is 6.14. The molecule has 0 radical (unpaired) electrons. The van der Waals surface area contributed by atoms with Crippen molar-refractivity contribution in [2.45, 2.75) is 4.90 Å². The first kappa shape index (κ1) is 17.4. The van der Waals surface area contributed by atoms with Crippen LogP contribution in [0.15, 0.2) is 23.1 Å². The number of amidine groups is 1. The van der Waals surface area contributed by atoms with Crippen LogP contribution in [0.1, 0.15) is 0 Å². The van der Waals surface area contributed by atoms with E-state index in [0.717, 1.165) is 10.1 Å². The van der Waals surface area contributed by atoms with Crippen LogP contribution in [0.3, 0.4) is 0 Å². The van der Waals surface area contributed by atoms with E-state index < -0.39 is 0 Å². The fourth-order valence-electron chi connectivity index (χ4n) is 1.24. The van der Waals surface area contributed by atoms with Gasteiger partial charge in [0, 0.05) is 4.90 Å². The topological polar surface area (TPSA) is 6.25 Å². The molecule has 0 atom stereocenters. The number of nitrogens with zero attached hydrogens (tertiary/aromatic N) is 2. The van der Waals surface area contributed by atoms with Crippen LogP contribution in [-0.2, 0) is 0 Å². The molecule has 0 fully saturated rings. The van der Waals surface area contributed by atoms with Crippen LogP contribution in [0.2, 0.25) is 10.0 Å². The van der Waals surface area contributed by atoms with E-state index in [4.69, 9.17) is 23.2 Å². The summed E-state index contributed by atoms with van der Waals surface area (Å²) in [6.45, 7) is 0. The summed E-state index contributed by atoms with van der Waals surface area (Å²) in [4.78, 5) is 3.01. The SMILES string of the molecule is CN(C)C(Sc1cccc(Cl)c1Cl)=[N+](C)C.[I-]. The molecule has 96 valence electrons. The fraction of sp³-hybridized carbons (Fsp3) is 0.364. The zero-order valence-corrected chi connectivity index (χ0v) is 14.7. The van der Waals surface area contributed by atoms with Crippen LogP contribution in [-0.4, -0.2) is 42.8 Å². The monoisotopic (exact) mass is 404 g/mol. The first-order valence-electron chi connectivity index (χ1n) is 4.77. The van der Waals surface area contributed by atoms with E-state index in [0.29, 0.717) is 10.0 Å². The molecule has 1 aromatic rings. The average molecular weight is 405 g/mol. The van der Waals surface area contributed by atoms with E-state index in [1.165, 1.54) is 0 Å². The number of rotatable bonds is 1. The van der Waals surface area contributed by atoms with Crippen molar-refractivity contribution in [3.05, 3.63) is 28.2 Å². The van der Waals surface area contributed by atoms with E-state index in [2.05, 4.69) is 0 Å². The van der Waals surface area contributed by atoms with Gasteiger partial charge in [0.05, 0.1) is 38.2 Å². The summed E-state index contributed by atoms with van der Waals surface area (Å²) < 4.78 is 2.04. The number of thioether (sulfide) groups is 1. The van der Waals surface area contributed by atoms with Gasteiger partial charge in [0.15, 0.2) is 0 Å². The molecule has 6 heteroatoms. The highest BCUT2D eigenvalue weighted by molar-refractivity contribution is 8.13. The van der Waals surface area contributed by atoms with E-state index in [-0.39, 0.29) is 24.0 Å². The first-order valence-corrected chi connectivity index (χ1v) is 6.34. The highest BCUT2D eigenvalue weighted by Crippen LogP contribution is 2.33. The van der Waals surface area contributed by atoms with Gasteiger partial charge in [0.2, 0.25) is 0 Å². The Bertz CT molecular complexity index is 418. The van der Waals surface area contributed by atoms with Crippen molar-refractivity contribution in [3.8, 4) is 0 Å². The number of hydrogen-bond acceptors (Lipinski definition) is 1. The third kappa shape index (κ3) is 4.85. The summed E-state index contributed by atoms with van der Waals surface area (Å²) >= 11 is 13.7. The van der Waals surface area contributed by atoms with Crippen molar-refractivity contribution in [2.24, 2.45) is 0 Å². The van der Waals surface area contributed by atoms with Crippen molar-refractivity contribution in [1.29, 1.82) is 0 Å². The second-order valence-electron chi connectivity index (χ2n) is 3.73. The lowest BCUT2D eigenvalue weighted by molar-refractivity contribution is -0.466. The molecule has 0 saturated heterocycles. The third-order valence-electron chi connectivity index (χ3n) is 1.88. The van der Waals surface area contributed by atoms with Gasteiger partial charge in [-0.2, -0.15) is 0 Å². The average Bonchev–Trinajstić information content (AvgIpc) is 2.19. The normalized spacial score (nSPS) is 9.53. The quantitative estimate of drug-likeness (QED) is 0.218. The molecule has 0 amide bonds. The molecule has 1 rings (SSSR count). The molecular weight excluding hydrogens is 390 g/mol. The van der Waals surface area contributed by atoms with Gasteiger partial charge in [-0.3, -0.25) is 9.48 Å². The zero-order valence-electron chi connectivity index (χ0n) is 10.2. The van der Waals surface area contributed by atoms with Gasteiger partial charge in [0.1, 0.15) is 0 Å². The van der Waals surface area contributed by atoms with Crippen LogP contribution >= 0.6 is 35.0 Å². The van der Waals surface area contributed by atoms with Gasteiger partial charge in [-0.25, -0.2) is 0 Å². The Kier molecular flexibility index (Phi) is 7.87. The van der Waals surface area contributed by atoms with Crippen LogP contribution in [0.4, 0.5) is 0 Å². The van der Waals surface area contributed by atoms with Crippen molar-refractivity contribution in [3.63, 3.8) is 0 Å².